The Morgan fingerprint density at radius 3 is 2.56 bits per heavy atom. The first-order valence-electron chi connectivity index (χ1n) is 8.71. The molecule has 3 rings (SSSR count). The molecule has 0 unspecified atom stereocenters. The quantitative estimate of drug-likeness (QED) is 0.904. The van der Waals surface area contributed by atoms with Gasteiger partial charge in [-0.25, -0.2) is 4.68 Å². The first kappa shape index (κ1) is 17.2. The van der Waals surface area contributed by atoms with E-state index in [2.05, 4.69) is 15.3 Å². The number of hydrogen-bond donors (Lipinski definition) is 1. The summed E-state index contributed by atoms with van der Waals surface area (Å²) in [7, 11) is 0. The molecule has 25 heavy (non-hydrogen) atoms. The maximum Gasteiger partial charge on any atom is 0.269 e. The Bertz CT molecular complexity index is 792. The molecule has 0 radical (unpaired) electrons. The lowest BCUT2D eigenvalue weighted by atomic mass is 10.1. The summed E-state index contributed by atoms with van der Waals surface area (Å²) in [6.07, 6.45) is 3.95. The van der Waals surface area contributed by atoms with Crippen molar-refractivity contribution < 1.29 is 4.79 Å². The third-order valence-corrected chi connectivity index (χ3v) is 4.57. The van der Waals surface area contributed by atoms with E-state index in [-0.39, 0.29) is 24.1 Å². The molecule has 6 heteroatoms. The monoisotopic (exact) mass is 340 g/mol. The van der Waals surface area contributed by atoms with E-state index in [1.807, 2.05) is 38.1 Å². The van der Waals surface area contributed by atoms with E-state index in [1.165, 1.54) is 10.2 Å². The summed E-state index contributed by atoms with van der Waals surface area (Å²) in [6, 6.07) is 9.47. The molecule has 1 amide bonds. The lowest BCUT2D eigenvalue weighted by Gasteiger charge is -2.17. The van der Waals surface area contributed by atoms with Crippen molar-refractivity contribution >= 4 is 11.6 Å². The summed E-state index contributed by atoms with van der Waals surface area (Å²) in [5, 5.41) is 7.07. The fourth-order valence-electron chi connectivity index (χ4n) is 3.05. The molecule has 1 aromatic heterocycles. The summed E-state index contributed by atoms with van der Waals surface area (Å²) in [4.78, 5) is 26.6. The van der Waals surface area contributed by atoms with E-state index in [0.717, 1.165) is 37.2 Å². The smallest absolute Gasteiger partial charge is 0.269 e. The van der Waals surface area contributed by atoms with Crippen LogP contribution in [0.15, 0.2) is 41.3 Å². The van der Waals surface area contributed by atoms with E-state index in [4.69, 9.17) is 0 Å². The van der Waals surface area contributed by atoms with Crippen molar-refractivity contribution in [1.29, 1.82) is 0 Å². The van der Waals surface area contributed by atoms with Gasteiger partial charge in [-0.1, -0.05) is 29.8 Å². The van der Waals surface area contributed by atoms with Gasteiger partial charge in [0.2, 0.25) is 5.91 Å². The van der Waals surface area contributed by atoms with Crippen LogP contribution in [0, 0.1) is 6.92 Å². The highest BCUT2D eigenvalue weighted by Crippen LogP contribution is 2.17. The van der Waals surface area contributed by atoms with Crippen LogP contribution >= 0.6 is 0 Å². The highest BCUT2D eigenvalue weighted by Gasteiger charge is 2.15. The summed E-state index contributed by atoms with van der Waals surface area (Å²) < 4.78 is 1.21. The molecule has 0 spiro atoms. The van der Waals surface area contributed by atoms with Crippen molar-refractivity contribution in [3.05, 3.63) is 58.0 Å². The van der Waals surface area contributed by atoms with Crippen molar-refractivity contribution in [3.63, 3.8) is 0 Å². The van der Waals surface area contributed by atoms with E-state index < -0.39 is 0 Å². The molecule has 1 aromatic carbocycles. The van der Waals surface area contributed by atoms with Crippen LogP contribution in [0.1, 0.15) is 36.9 Å². The molecule has 1 aliphatic rings. The summed E-state index contributed by atoms with van der Waals surface area (Å²) in [5.41, 5.74) is 2.80. The van der Waals surface area contributed by atoms with Gasteiger partial charge >= 0.3 is 0 Å². The largest absolute Gasteiger partial charge is 0.370 e. The van der Waals surface area contributed by atoms with Crippen molar-refractivity contribution in [1.82, 2.24) is 15.1 Å². The van der Waals surface area contributed by atoms with E-state index in [0.29, 0.717) is 0 Å². The number of amides is 1. The van der Waals surface area contributed by atoms with Crippen molar-refractivity contribution in [3.8, 4) is 0 Å². The van der Waals surface area contributed by atoms with Crippen LogP contribution in [0.4, 0.5) is 5.69 Å². The molecule has 2 heterocycles. The van der Waals surface area contributed by atoms with Crippen LogP contribution in [0.2, 0.25) is 0 Å². The second-order valence-electron chi connectivity index (χ2n) is 6.60. The third-order valence-electron chi connectivity index (χ3n) is 4.57. The van der Waals surface area contributed by atoms with Gasteiger partial charge in [0.15, 0.2) is 0 Å². The lowest BCUT2D eigenvalue weighted by molar-refractivity contribution is -0.122. The minimum Gasteiger partial charge on any atom is -0.370 e. The van der Waals surface area contributed by atoms with Crippen molar-refractivity contribution in [2.24, 2.45) is 0 Å². The van der Waals surface area contributed by atoms with Crippen LogP contribution in [-0.4, -0.2) is 28.8 Å². The summed E-state index contributed by atoms with van der Waals surface area (Å²) >= 11 is 0. The number of aromatic nitrogens is 2. The van der Waals surface area contributed by atoms with E-state index in [1.54, 1.807) is 12.3 Å². The average molecular weight is 340 g/mol. The Labute approximate surface area is 147 Å². The average Bonchev–Trinajstić information content (AvgIpc) is 3.11. The first-order valence-corrected chi connectivity index (χ1v) is 8.71. The second kappa shape index (κ2) is 7.51. The predicted molar refractivity (Wildman–Crippen MR) is 97.7 cm³/mol. The van der Waals surface area contributed by atoms with Crippen LogP contribution < -0.4 is 15.8 Å². The van der Waals surface area contributed by atoms with Gasteiger partial charge in [-0.15, -0.1) is 0 Å². The number of hydrogen-bond acceptors (Lipinski definition) is 4. The number of carbonyl (C=O) groups excluding carboxylic acids is 1. The number of anilines is 1. The molecular formula is C19H24N4O2. The van der Waals surface area contributed by atoms with Crippen LogP contribution in [0.3, 0.4) is 0 Å². The molecule has 6 nitrogen and oxygen atoms in total. The van der Waals surface area contributed by atoms with E-state index >= 15 is 0 Å². The molecule has 0 saturated carbocycles. The molecule has 0 bridgehead atoms. The fraction of sp³-hybridized carbons (Fsp3) is 0.421. The molecule has 132 valence electrons. The van der Waals surface area contributed by atoms with Gasteiger partial charge in [-0.05, 0) is 32.3 Å². The van der Waals surface area contributed by atoms with Gasteiger partial charge in [-0.2, -0.15) is 5.10 Å². The number of nitrogens with one attached hydrogen (secondary N) is 1. The highest BCUT2D eigenvalue weighted by molar-refractivity contribution is 5.76. The highest BCUT2D eigenvalue weighted by atomic mass is 16.2. The Kier molecular flexibility index (Phi) is 5.16. The minimum atomic E-state index is -0.248. The molecule has 1 aliphatic heterocycles. The normalized spacial score (nSPS) is 15.2. The second-order valence-corrected chi connectivity index (χ2v) is 6.60. The Balaban J connectivity index is 1.62. The molecule has 2 aromatic rings. The minimum absolute atomic E-state index is 0.0741. The molecule has 0 aliphatic carbocycles. The van der Waals surface area contributed by atoms with Gasteiger partial charge in [-0.3, -0.25) is 9.59 Å². The maximum atomic E-state index is 12.2. The lowest BCUT2D eigenvalue weighted by Crippen LogP contribution is -2.35. The van der Waals surface area contributed by atoms with Gasteiger partial charge in [0, 0.05) is 19.2 Å². The fourth-order valence-corrected chi connectivity index (χ4v) is 3.05. The van der Waals surface area contributed by atoms with Gasteiger partial charge in [0.25, 0.3) is 5.56 Å². The standard InChI is InChI=1S/C19H24N4O2/c1-14-5-7-16(8-6-14)15(2)21-18(24)13-23-19(25)11-17(12-20-23)22-9-3-4-10-22/h5-8,11-12,15H,3-4,9-10,13H2,1-2H3,(H,21,24)/t15-/m0/s1. The Morgan fingerprint density at radius 2 is 1.92 bits per heavy atom. The Hall–Kier alpha value is -2.63. The zero-order valence-corrected chi connectivity index (χ0v) is 14.7. The van der Waals surface area contributed by atoms with E-state index in [9.17, 15) is 9.59 Å². The number of nitrogens with zero attached hydrogens (tertiary/aromatic N) is 3. The summed E-state index contributed by atoms with van der Waals surface area (Å²) in [6.45, 7) is 5.79. The maximum absolute atomic E-state index is 12.2. The van der Waals surface area contributed by atoms with Crippen LogP contribution in [-0.2, 0) is 11.3 Å². The van der Waals surface area contributed by atoms with Gasteiger partial charge in [0.1, 0.15) is 6.54 Å². The number of rotatable bonds is 5. The predicted octanol–water partition coefficient (Wildman–Crippen LogP) is 2.03. The summed E-state index contributed by atoms with van der Waals surface area (Å²) in [5.74, 6) is -0.225. The molecular weight excluding hydrogens is 316 g/mol. The third kappa shape index (κ3) is 4.26. The number of carbonyl (C=O) groups is 1. The van der Waals surface area contributed by atoms with Crippen LogP contribution in [0.25, 0.3) is 0 Å². The van der Waals surface area contributed by atoms with Crippen molar-refractivity contribution in [2.45, 2.75) is 39.3 Å². The Morgan fingerprint density at radius 1 is 1.24 bits per heavy atom. The van der Waals surface area contributed by atoms with Gasteiger partial charge in [0.05, 0.1) is 17.9 Å². The van der Waals surface area contributed by atoms with Crippen LogP contribution in [0.5, 0.6) is 0 Å². The molecule has 1 saturated heterocycles. The van der Waals surface area contributed by atoms with Gasteiger partial charge < -0.3 is 10.2 Å². The zero-order chi connectivity index (χ0) is 17.8. The number of benzene rings is 1. The first-order chi connectivity index (χ1) is 12.0. The zero-order valence-electron chi connectivity index (χ0n) is 14.7. The topological polar surface area (TPSA) is 67.2 Å². The molecule has 1 atom stereocenters. The van der Waals surface area contributed by atoms with Crippen molar-refractivity contribution in [2.75, 3.05) is 18.0 Å². The molecule has 1 fully saturated rings. The molecule has 1 N–H and O–H groups in total. The SMILES string of the molecule is Cc1ccc([C@H](C)NC(=O)Cn2ncc(N3CCCC3)cc2=O)cc1. The number of aryl methyl sites for hydroxylation is 1.